The number of alkyl halides is 5. The summed E-state index contributed by atoms with van der Waals surface area (Å²) >= 11 is 0. The second-order valence-corrected chi connectivity index (χ2v) is 6.06. The average molecular weight is 414 g/mol. The van der Waals surface area contributed by atoms with Gasteiger partial charge in [0.15, 0.2) is 0 Å². The number of halogens is 5. The Balaban J connectivity index is 2.28. The van der Waals surface area contributed by atoms with Crippen molar-refractivity contribution in [3.63, 3.8) is 0 Å². The molecular weight excluding hydrogens is 395 g/mol. The van der Waals surface area contributed by atoms with Gasteiger partial charge in [0.25, 0.3) is 6.43 Å². The van der Waals surface area contributed by atoms with Crippen LogP contribution in [0.25, 0.3) is 0 Å². The summed E-state index contributed by atoms with van der Waals surface area (Å²) in [6, 6.07) is 8.91. The van der Waals surface area contributed by atoms with Gasteiger partial charge in [0, 0.05) is 16.7 Å². The van der Waals surface area contributed by atoms with Crippen molar-refractivity contribution in [3.8, 4) is 0 Å². The van der Waals surface area contributed by atoms with E-state index in [-0.39, 0.29) is 29.0 Å². The van der Waals surface area contributed by atoms with Crippen molar-refractivity contribution in [3.05, 3.63) is 70.3 Å². The molecule has 0 aliphatic rings. The summed E-state index contributed by atoms with van der Waals surface area (Å²) < 4.78 is 65.3. The Bertz CT molecular complexity index is 908. The third-order valence-electron chi connectivity index (χ3n) is 4.08. The lowest BCUT2D eigenvalue weighted by molar-refractivity contribution is -0.137. The standard InChI is InChI=1S/C20H19F5N2O2/c1-12(14-6-4-7-15(10-14)20(23,24)25)27-29-11-18-16(13(2)26-28-3)8-5-9-17(18)19(21)22/h4-10,19H,11H2,1-3H3/b26-13-,27-12+. The molecule has 2 rings (SSSR count). The maximum atomic E-state index is 13.4. The molecule has 0 saturated heterocycles. The molecule has 0 spiro atoms. The van der Waals surface area contributed by atoms with Gasteiger partial charge in [-0.2, -0.15) is 13.2 Å². The van der Waals surface area contributed by atoms with Crippen LogP contribution in [0.15, 0.2) is 52.8 Å². The van der Waals surface area contributed by atoms with Gasteiger partial charge in [-0.05, 0) is 31.5 Å². The van der Waals surface area contributed by atoms with Gasteiger partial charge in [0.2, 0.25) is 0 Å². The van der Waals surface area contributed by atoms with Crippen LogP contribution in [0, 0.1) is 0 Å². The topological polar surface area (TPSA) is 43.2 Å². The maximum absolute atomic E-state index is 13.4. The van der Waals surface area contributed by atoms with Crippen LogP contribution in [0.4, 0.5) is 22.0 Å². The summed E-state index contributed by atoms with van der Waals surface area (Å²) in [7, 11) is 1.33. The van der Waals surface area contributed by atoms with Gasteiger partial charge < -0.3 is 9.68 Å². The molecule has 0 bridgehead atoms. The first-order chi connectivity index (χ1) is 13.6. The zero-order valence-electron chi connectivity index (χ0n) is 15.9. The summed E-state index contributed by atoms with van der Waals surface area (Å²) in [6.45, 7) is 2.74. The van der Waals surface area contributed by atoms with Crippen LogP contribution in [-0.4, -0.2) is 18.5 Å². The van der Waals surface area contributed by atoms with E-state index in [9.17, 15) is 22.0 Å². The Kier molecular flexibility index (Phi) is 7.30. The van der Waals surface area contributed by atoms with Gasteiger partial charge in [0.05, 0.1) is 17.0 Å². The summed E-state index contributed by atoms with van der Waals surface area (Å²) in [5.41, 5.74) is 0.250. The SMILES string of the molecule is CO/N=C(/C)c1cccc(C(F)F)c1CO/N=C(\C)c1cccc(C(F)(F)F)c1. The summed E-state index contributed by atoms with van der Waals surface area (Å²) in [4.78, 5) is 9.89. The first-order valence-corrected chi connectivity index (χ1v) is 8.47. The van der Waals surface area contributed by atoms with E-state index >= 15 is 0 Å². The molecule has 0 amide bonds. The third kappa shape index (κ3) is 5.75. The van der Waals surface area contributed by atoms with Crippen molar-refractivity contribution in [1.29, 1.82) is 0 Å². The van der Waals surface area contributed by atoms with Gasteiger partial charge in [-0.3, -0.25) is 0 Å². The molecule has 0 atom stereocenters. The van der Waals surface area contributed by atoms with Crippen LogP contribution >= 0.6 is 0 Å². The van der Waals surface area contributed by atoms with Crippen molar-refractivity contribution in [2.45, 2.75) is 33.1 Å². The van der Waals surface area contributed by atoms with E-state index < -0.39 is 18.2 Å². The molecule has 0 fully saturated rings. The molecular formula is C20H19F5N2O2. The van der Waals surface area contributed by atoms with E-state index in [0.717, 1.165) is 12.1 Å². The van der Waals surface area contributed by atoms with Crippen molar-refractivity contribution >= 4 is 11.4 Å². The lowest BCUT2D eigenvalue weighted by Gasteiger charge is -2.13. The molecule has 9 heteroatoms. The lowest BCUT2D eigenvalue weighted by Crippen LogP contribution is -2.08. The highest BCUT2D eigenvalue weighted by atomic mass is 19.4. The van der Waals surface area contributed by atoms with Crippen LogP contribution in [0.2, 0.25) is 0 Å². The van der Waals surface area contributed by atoms with Crippen LogP contribution in [0.3, 0.4) is 0 Å². The minimum absolute atomic E-state index is 0.168. The lowest BCUT2D eigenvalue weighted by atomic mass is 9.99. The smallest absolute Gasteiger partial charge is 0.399 e. The molecule has 29 heavy (non-hydrogen) atoms. The molecule has 0 aromatic heterocycles. The quantitative estimate of drug-likeness (QED) is 0.319. The fourth-order valence-electron chi connectivity index (χ4n) is 2.66. The predicted octanol–water partition coefficient (Wildman–Crippen LogP) is 5.95. The second kappa shape index (κ2) is 9.49. The summed E-state index contributed by atoms with van der Waals surface area (Å²) in [5, 5.41) is 7.55. The molecule has 0 saturated carbocycles. The Morgan fingerprint density at radius 2 is 1.69 bits per heavy atom. The van der Waals surface area contributed by atoms with Gasteiger partial charge in [-0.15, -0.1) is 0 Å². The molecule has 156 valence electrons. The molecule has 0 radical (unpaired) electrons. The fourth-order valence-corrected chi connectivity index (χ4v) is 2.66. The average Bonchev–Trinajstić information content (AvgIpc) is 2.67. The van der Waals surface area contributed by atoms with Crippen LogP contribution in [0.1, 0.15) is 48.1 Å². The number of hydrogen-bond acceptors (Lipinski definition) is 4. The maximum Gasteiger partial charge on any atom is 0.416 e. The van der Waals surface area contributed by atoms with Crippen LogP contribution in [0.5, 0.6) is 0 Å². The number of benzene rings is 2. The first kappa shape index (κ1) is 22.3. The number of hydrogen-bond donors (Lipinski definition) is 0. The molecule has 0 unspecified atom stereocenters. The minimum Gasteiger partial charge on any atom is -0.399 e. The monoisotopic (exact) mass is 414 g/mol. The Labute approximate surface area is 164 Å². The van der Waals surface area contributed by atoms with Crippen LogP contribution < -0.4 is 0 Å². The zero-order valence-corrected chi connectivity index (χ0v) is 15.9. The number of oxime groups is 2. The first-order valence-electron chi connectivity index (χ1n) is 8.47. The molecule has 4 nitrogen and oxygen atoms in total. The van der Waals surface area contributed by atoms with Gasteiger partial charge in [-0.25, -0.2) is 8.78 Å². The molecule has 0 N–H and O–H groups in total. The summed E-state index contributed by atoms with van der Waals surface area (Å²) in [5.74, 6) is 0. The largest absolute Gasteiger partial charge is 0.416 e. The molecule has 2 aromatic carbocycles. The second-order valence-electron chi connectivity index (χ2n) is 6.06. The van der Waals surface area contributed by atoms with Gasteiger partial charge >= 0.3 is 6.18 Å². The van der Waals surface area contributed by atoms with Crippen molar-refractivity contribution in [2.24, 2.45) is 10.3 Å². The molecule has 2 aromatic rings. The minimum atomic E-state index is -4.49. The van der Waals surface area contributed by atoms with Crippen molar-refractivity contribution < 1.29 is 31.6 Å². The summed E-state index contributed by atoms with van der Waals surface area (Å²) in [6.07, 6.45) is -7.24. The zero-order chi connectivity index (χ0) is 21.6. The highest BCUT2D eigenvalue weighted by Crippen LogP contribution is 2.30. The number of nitrogens with zero attached hydrogens (tertiary/aromatic N) is 2. The van der Waals surface area contributed by atoms with Crippen LogP contribution in [-0.2, 0) is 22.5 Å². The highest BCUT2D eigenvalue weighted by Gasteiger charge is 2.30. The number of rotatable bonds is 7. The van der Waals surface area contributed by atoms with E-state index in [2.05, 4.69) is 10.3 Å². The van der Waals surface area contributed by atoms with E-state index in [4.69, 9.17) is 9.68 Å². The highest BCUT2D eigenvalue weighted by molar-refractivity contribution is 6.00. The Hall–Kier alpha value is -2.97. The Morgan fingerprint density at radius 1 is 1.00 bits per heavy atom. The molecule has 0 aliphatic carbocycles. The normalized spacial score (nSPS) is 13.0. The third-order valence-corrected chi connectivity index (χ3v) is 4.08. The molecule has 0 aliphatic heterocycles. The Morgan fingerprint density at radius 3 is 2.31 bits per heavy atom. The molecule has 0 heterocycles. The fraction of sp³-hybridized carbons (Fsp3) is 0.300. The van der Waals surface area contributed by atoms with Crippen molar-refractivity contribution in [2.75, 3.05) is 7.11 Å². The van der Waals surface area contributed by atoms with Crippen molar-refractivity contribution in [1.82, 2.24) is 0 Å². The van der Waals surface area contributed by atoms with E-state index in [1.165, 1.54) is 38.3 Å². The van der Waals surface area contributed by atoms with E-state index in [0.29, 0.717) is 11.3 Å². The van der Waals surface area contributed by atoms with Gasteiger partial charge in [-0.1, -0.05) is 40.6 Å². The van der Waals surface area contributed by atoms with E-state index in [1.807, 2.05) is 0 Å². The predicted molar refractivity (Wildman–Crippen MR) is 99.1 cm³/mol. The van der Waals surface area contributed by atoms with E-state index in [1.54, 1.807) is 13.0 Å². The van der Waals surface area contributed by atoms with Gasteiger partial charge in [0.1, 0.15) is 13.7 Å².